The van der Waals surface area contributed by atoms with Crippen molar-refractivity contribution in [3.05, 3.63) is 47.2 Å². The van der Waals surface area contributed by atoms with Gasteiger partial charge in [0, 0.05) is 12.1 Å². The number of carboxylic acids is 1. The van der Waals surface area contributed by atoms with Crippen LogP contribution in [0.3, 0.4) is 0 Å². The summed E-state index contributed by atoms with van der Waals surface area (Å²) >= 11 is 6.89. The fourth-order valence-electron chi connectivity index (χ4n) is 3.06. The van der Waals surface area contributed by atoms with E-state index in [1.54, 1.807) is 24.3 Å². The number of aromatic nitrogens is 4. The molecule has 0 saturated carbocycles. The highest BCUT2D eigenvalue weighted by molar-refractivity contribution is 7.90. The lowest BCUT2D eigenvalue weighted by atomic mass is 10.2. The van der Waals surface area contributed by atoms with Gasteiger partial charge in [-0.25, -0.2) is 17.4 Å². The van der Waals surface area contributed by atoms with Crippen molar-refractivity contribution in [1.29, 1.82) is 0 Å². The maximum absolute atomic E-state index is 13.5. The molecule has 3 aromatic heterocycles. The standard InChI is InChI=1S/C17H13ClN4O4S2/c18-15-8-7-13-12(19-15)9-10(3-1-6-16(23)24)22(13)28(25,26)14-5-2-4-11-17(14)21-27-20-11/h2,4-5,7-9H,1,3,6H2,(H,23,24). The van der Waals surface area contributed by atoms with Crippen LogP contribution in [0.5, 0.6) is 0 Å². The van der Waals surface area contributed by atoms with Crippen LogP contribution in [0.1, 0.15) is 18.5 Å². The van der Waals surface area contributed by atoms with Crippen LogP contribution in [0, 0.1) is 0 Å². The van der Waals surface area contributed by atoms with Crippen molar-refractivity contribution in [2.24, 2.45) is 0 Å². The van der Waals surface area contributed by atoms with Crippen molar-refractivity contribution < 1.29 is 18.3 Å². The Morgan fingerprint density at radius 1 is 1.18 bits per heavy atom. The SMILES string of the molecule is O=C(O)CCCc1cc2nc(Cl)ccc2n1S(=O)(=O)c1cccc2nsnc12. The van der Waals surface area contributed by atoms with Crippen LogP contribution in [0.4, 0.5) is 0 Å². The van der Waals surface area contributed by atoms with Gasteiger partial charge in [-0.2, -0.15) is 8.75 Å². The summed E-state index contributed by atoms with van der Waals surface area (Å²) in [7, 11) is -4.02. The van der Waals surface area contributed by atoms with Crippen LogP contribution in [0.15, 0.2) is 41.3 Å². The molecule has 0 saturated heterocycles. The van der Waals surface area contributed by atoms with E-state index in [2.05, 4.69) is 13.7 Å². The van der Waals surface area contributed by atoms with Gasteiger partial charge in [0.15, 0.2) is 0 Å². The van der Waals surface area contributed by atoms with E-state index in [-0.39, 0.29) is 29.3 Å². The molecule has 144 valence electrons. The van der Waals surface area contributed by atoms with Gasteiger partial charge >= 0.3 is 5.97 Å². The molecule has 0 atom stereocenters. The lowest BCUT2D eigenvalue weighted by Gasteiger charge is -2.12. The van der Waals surface area contributed by atoms with E-state index in [0.29, 0.717) is 27.8 Å². The Labute approximate surface area is 168 Å². The molecule has 0 spiro atoms. The third-order valence-electron chi connectivity index (χ3n) is 4.24. The average molecular weight is 437 g/mol. The van der Waals surface area contributed by atoms with Crippen LogP contribution in [0.2, 0.25) is 5.15 Å². The second-order valence-corrected chi connectivity index (χ2v) is 8.75. The summed E-state index contributed by atoms with van der Waals surface area (Å²) in [4.78, 5) is 15.1. The molecule has 4 rings (SSSR count). The molecular formula is C17H13ClN4O4S2. The summed E-state index contributed by atoms with van der Waals surface area (Å²) in [6, 6.07) is 9.52. The Hall–Kier alpha value is -2.56. The molecule has 8 nitrogen and oxygen atoms in total. The summed E-state index contributed by atoms with van der Waals surface area (Å²) in [5.41, 5.74) is 2.02. The van der Waals surface area contributed by atoms with Crippen LogP contribution >= 0.6 is 23.3 Å². The number of carbonyl (C=O) groups is 1. The molecular weight excluding hydrogens is 424 g/mol. The van der Waals surface area contributed by atoms with E-state index in [1.807, 2.05) is 0 Å². The predicted molar refractivity (Wildman–Crippen MR) is 105 cm³/mol. The Bertz CT molecular complexity index is 1310. The molecule has 0 aliphatic carbocycles. The highest BCUT2D eigenvalue weighted by Crippen LogP contribution is 2.30. The van der Waals surface area contributed by atoms with Crippen molar-refractivity contribution in [2.75, 3.05) is 0 Å². The molecule has 0 amide bonds. The molecule has 11 heteroatoms. The van der Waals surface area contributed by atoms with Gasteiger partial charge in [0.2, 0.25) is 0 Å². The fourth-order valence-corrected chi connectivity index (χ4v) is 5.53. The zero-order valence-electron chi connectivity index (χ0n) is 14.2. The second kappa shape index (κ2) is 7.12. The lowest BCUT2D eigenvalue weighted by molar-refractivity contribution is -0.137. The highest BCUT2D eigenvalue weighted by atomic mass is 35.5. The largest absolute Gasteiger partial charge is 0.481 e. The molecule has 3 heterocycles. The molecule has 0 aliphatic heterocycles. The van der Waals surface area contributed by atoms with E-state index in [1.165, 1.54) is 16.1 Å². The Morgan fingerprint density at radius 3 is 2.79 bits per heavy atom. The van der Waals surface area contributed by atoms with Crippen LogP contribution in [-0.4, -0.2) is 37.2 Å². The topological polar surface area (TPSA) is 115 Å². The first-order valence-electron chi connectivity index (χ1n) is 8.23. The molecule has 0 fully saturated rings. The second-order valence-electron chi connectivity index (χ2n) is 6.08. The number of rotatable bonds is 6. The molecule has 0 unspecified atom stereocenters. The summed E-state index contributed by atoms with van der Waals surface area (Å²) < 4.78 is 36.5. The normalized spacial score (nSPS) is 12.0. The van der Waals surface area contributed by atoms with E-state index in [0.717, 1.165) is 11.7 Å². The van der Waals surface area contributed by atoms with Crippen molar-refractivity contribution in [3.8, 4) is 0 Å². The van der Waals surface area contributed by atoms with Gasteiger partial charge in [-0.3, -0.25) is 4.79 Å². The Morgan fingerprint density at radius 2 is 2.00 bits per heavy atom. The van der Waals surface area contributed by atoms with Gasteiger partial charge in [0.25, 0.3) is 10.0 Å². The number of nitrogens with zero attached hydrogens (tertiary/aromatic N) is 4. The fraction of sp³-hybridized carbons (Fsp3) is 0.176. The number of hydrogen-bond acceptors (Lipinski definition) is 7. The maximum atomic E-state index is 13.5. The molecule has 0 aliphatic rings. The van der Waals surface area contributed by atoms with Gasteiger partial charge in [-0.15, -0.1) is 0 Å². The summed E-state index contributed by atoms with van der Waals surface area (Å²) in [5.74, 6) is -0.940. The lowest BCUT2D eigenvalue weighted by Crippen LogP contribution is -2.16. The quantitative estimate of drug-likeness (QED) is 0.461. The zero-order valence-corrected chi connectivity index (χ0v) is 16.6. The third-order valence-corrected chi connectivity index (χ3v) is 6.79. The molecule has 28 heavy (non-hydrogen) atoms. The van der Waals surface area contributed by atoms with Gasteiger partial charge < -0.3 is 5.11 Å². The first kappa shape index (κ1) is 18.8. The number of carboxylic acid groups (broad SMARTS) is 1. The number of benzene rings is 1. The number of halogens is 1. The van der Waals surface area contributed by atoms with Gasteiger partial charge in [-0.1, -0.05) is 17.7 Å². The predicted octanol–water partition coefficient (Wildman–Crippen LogP) is 3.34. The summed E-state index contributed by atoms with van der Waals surface area (Å²) in [6.07, 6.45) is 0.476. The van der Waals surface area contributed by atoms with Crippen LogP contribution in [0.25, 0.3) is 22.1 Å². The third kappa shape index (κ3) is 3.23. The van der Waals surface area contributed by atoms with Crippen molar-refractivity contribution in [1.82, 2.24) is 17.7 Å². The zero-order chi connectivity index (χ0) is 19.9. The Kier molecular flexibility index (Phi) is 4.77. The first-order chi connectivity index (χ1) is 13.4. The van der Waals surface area contributed by atoms with Crippen LogP contribution < -0.4 is 0 Å². The maximum Gasteiger partial charge on any atom is 0.303 e. The smallest absolute Gasteiger partial charge is 0.303 e. The molecule has 0 bridgehead atoms. The monoisotopic (exact) mass is 436 g/mol. The first-order valence-corrected chi connectivity index (χ1v) is 10.8. The molecule has 1 N–H and O–H groups in total. The van der Waals surface area contributed by atoms with E-state index >= 15 is 0 Å². The van der Waals surface area contributed by atoms with Crippen molar-refractivity contribution >= 4 is 61.4 Å². The summed E-state index contributed by atoms with van der Waals surface area (Å²) in [5, 5.41) is 9.14. The Balaban J connectivity index is 1.92. The number of fused-ring (bicyclic) bond motifs is 2. The van der Waals surface area contributed by atoms with E-state index < -0.39 is 16.0 Å². The number of aliphatic carboxylic acids is 1. The van der Waals surface area contributed by atoms with Gasteiger partial charge in [-0.05, 0) is 43.2 Å². The minimum Gasteiger partial charge on any atom is -0.481 e. The number of aryl methyl sites for hydroxylation is 1. The van der Waals surface area contributed by atoms with E-state index in [4.69, 9.17) is 16.7 Å². The van der Waals surface area contributed by atoms with Gasteiger partial charge in [0.05, 0.1) is 22.8 Å². The molecule has 0 radical (unpaired) electrons. The van der Waals surface area contributed by atoms with Crippen LogP contribution in [-0.2, 0) is 21.2 Å². The molecule has 4 aromatic rings. The number of pyridine rings is 1. The molecule has 1 aromatic carbocycles. The highest BCUT2D eigenvalue weighted by Gasteiger charge is 2.26. The van der Waals surface area contributed by atoms with Crippen molar-refractivity contribution in [2.45, 2.75) is 24.2 Å². The number of hydrogen-bond donors (Lipinski definition) is 1. The van der Waals surface area contributed by atoms with Crippen molar-refractivity contribution in [3.63, 3.8) is 0 Å². The minimum atomic E-state index is -4.02. The van der Waals surface area contributed by atoms with E-state index in [9.17, 15) is 13.2 Å². The minimum absolute atomic E-state index is 0.0330. The average Bonchev–Trinajstić information content (AvgIpc) is 3.24. The summed E-state index contributed by atoms with van der Waals surface area (Å²) in [6.45, 7) is 0. The van der Waals surface area contributed by atoms with Gasteiger partial charge in [0.1, 0.15) is 21.1 Å².